The highest BCUT2D eigenvalue weighted by Crippen LogP contribution is 2.11. The zero-order chi connectivity index (χ0) is 11.8. The number of amides is 1. The monoisotopic (exact) mass is 239 g/mol. The molecule has 1 aromatic rings. The number of hydrogen-bond acceptors (Lipinski definition) is 3. The summed E-state index contributed by atoms with van der Waals surface area (Å²) >= 11 is 1.79. The van der Waals surface area contributed by atoms with Crippen molar-refractivity contribution < 1.29 is 9.53 Å². The number of methoxy groups -OCH3 is 1. The Kier molecular flexibility index (Phi) is 5.96. The van der Waals surface area contributed by atoms with Gasteiger partial charge in [-0.05, 0) is 17.4 Å². The van der Waals surface area contributed by atoms with Crippen LogP contribution in [0, 0.1) is 0 Å². The van der Waals surface area contributed by atoms with Crippen molar-refractivity contribution >= 4 is 17.7 Å². The van der Waals surface area contributed by atoms with Gasteiger partial charge in [-0.25, -0.2) is 0 Å². The minimum absolute atomic E-state index is 0.0854. The topological polar surface area (TPSA) is 38.3 Å². The lowest BCUT2D eigenvalue weighted by Gasteiger charge is -2.06. The highest BCUT2D eigenvalue weighted by Gasteiger charge is 2.00. The third-order valence-electron chi connectivity index (χ3n) is 2.07. The van der Waals surface area contributed by atoms with Gasteiger partial charge in [-0.2, -0.15) is 11.8 Å². The Bertz CT molecular complexity index is 342. The van der Waals surface area contributed by atoms with Gasteiger partial charge in [-0.3, -0.25) is 4.79 Å². The summed E-state index contributed by atoms with van der Waals surface area (Å²) in [6.07, 6.45) is 2.08. The van der Waals surface area contributed by atoms with Gasteiger partial charge in [0.25, 0.3) is 0 Å². The number of carbonyl (C=O) groups is 1. The highest BCUT2D eigenvalue weighted by molar-refractivity contribution is 7.97. The molecule has 0 aliphatic carbocycles. The van der Waals surface area contributed by atoms with Crippen molar-refractivity contribution in [3.8, 4) is 0 Å². The van der Waals surface area contributed by atoms with E-state index in [1.165, 1.54) is 12.7 Å². The molecule has 0 fully saturated rings. The number of benzene rings is 1. The SMILES string of the molecule is COCC(=O)NCc1cccc(CSC)c1. The van der Waals surface area contributed by atoms with Crippen molar-refractivity contribution in [2.75, 3.05) is 20.0 Å². The molecule has 1 amide bonds. The first-order chi connectivity index (χ1) is 7.76. The second-order valence-corrected chi connectivity index (χ2v) is 4.33. The molecule has 0 bridgehead atoms. The van der Waals surface area contributed by atoms with E-state index in [1.807, 2.05) is 12.1 Å². The Hall–Kier alpha value is -1.00. The molecule has 1 rings (SSSR count). The molecule has 16 heavy (non-hydrogen) atoms. The van der Waals surface area contributed by atoms with Gasteiger partial charge in [0.2, 0.25) is 5.91 Å². The molecule has 88 valence electrons. The Balaban J connectivity index is 2.47. The van der Waals surface area contributed by atoms with Gasteiger partial charge in [0.1, 0.15) is 6.61 Å². The van der Waals surface area contributed by atoms with E-state index in [0.29, 0.717) is 6.54 Å². The van der Waals surface area contributed by atoms with Gasteiger partial charge in [0.05, 0.1) is 0 Å². The Morgan fingerprint density at radius 1 is 1.44 bits per heavy atom. The maximum Gasteiger partial charge on any atom is 0.246 e. The fourth-order valence-corrected chi connectivity index (χ4v) is 1.89. The zero-order valence-corrected chi connectivity index (χ0v) is 10.5. The summed E-state index contributed by atoms with van der Waals surface area (Å²) in [6, 6.07) is 8.24. The summed E-state index contributed by atoms with van der Waals surface area (Å²) in [5.41, 5.74) is 2.40. The molecule has 0 unspecified atom stereocenters. The summed E-state index contributed by atoms with van der Waals surface area (Å²) in [5, 5.41) is 2.80. The maximum atomic E-state index is 11.2. The number of hydrogen-bond donors (Lipinski definition) is 1. The van der Waals surface area contributed by atoms with E-state index in [-0.39, 0.29) is 12.5 Å². The Morgan fingerprint density at radius 3 is 2.88 bits per heavy atom. The summed E-state index contributed by atoms with van der Waals surface area (Å²) in [5.74, 6) is 0.914. The van der Waals surface area contributed by atoms with Crippen LogP contribution in [-0.4, -0.2) is 25.9 Å². The molecule has 1 aromatic carbocycles. The molecule has 0 heterocycles. The third-order valence-corrected chi connectivity index (χ3v) is 2.69. The van der Waals surface area contributed by atoms with E-state index < -0.39 is 0 Å². The van der Waals surface area contributed by atoms with E-state index in [4.69, 9.17) is 4.74 Å². The van der Waals surface area contributed by atoms with Gasteiger partial charge in [-0.1, -0.05) is 24.3 Å². The predicted molar refractivity (Wildman–Crippen MR) is 67.4 cm³/mol. The molecular formula is C12H17NO2S. The lowest BCUT2D eigenvalue weighted by molar-refractivity contribution is -0.124. The molecule has 0 atom stereocenters. The average molecular weight is 239 g/mol. The highest BCUT2D eigenvalue weighted by atomic mass is 32.2. The molecule has 0 spiro atoms. The normalized spacial score (nSPS) is 10.1. The van der Waals surface area contributed by atoms with Crippen LogP contribution in [0.4, 0.5) is 0 Å². The van der Waals surface area contributed by atoms with Gasteiger partial charge >= 0.3 is 0 Å². The van der Waals surface area contributed by atoms with Gasteiger partial charge in [0, 0.05) is 19.4 Å². The summed E-state index contributed by atoms with van der Waals surface area (Å²) in [4.78, 5) is 11.2. The molecular weight excluding hydrogens is 222 g/mol. The molecule has 0 aliphatic rings. The molecule has 0 saturated carbocycles. The standard InChI is InChI=1S/C12H17NO2S/c1-15-8-12(14)13-7-10-4-3-5-11(6-10)9-16-2/h3-6H,7-9H2,1-2H3,(H,13,14). The quantitative estimate of drug-likeness (QED) is 0.823. The fraction of sp³-hybridized carbons (Fsp3) is 0.417. The number of nitrogens with one attached hydrogen (secondary N) is 1. The first-order valence-corrected chi connectivity index (χ1v) is 6.48. The van der Waals surface area contributed by atoms with E-state index >= 15 is 0 Å². The maximum absolute atomic E-state index is 11.2. The van der Waals surface area contributed by atoms with Gasteiger partial charge in [-0.15, -0.1) is 0 Å². The molecule has 0 radical (unpaired) electrons. The molecule has 0 aromatic heterocycles. The second kappa shape index (κ2) is 7.30. The van der Waals surface area contributed by atoms with Crippen molar-refractivity contribution in [2.45, 2.75) is 12.3 Å². The van der Waals surface area contributed by atoms with Crippen LogP contribution in [0.3, 0.4) is 0 Å². The van der Waals surface area contributed by atoms with Crippen LogP contribution < -0.4 is 5.32 Å². The van der Waals surface area contributed by atoms with Crippen LogP contribution in [0.5, 0.6) is 0 Å². The average Bonchev–Trinajstić information content (AvgIpc) is 2.28. The van der Waals surface area contributed by atoms with E-state index in [9.17, 15) is 4.79 Å². The molecule has 0 aliphatic heterocycles. The summed E-state index contributed by atoms with van der Waals surface area (Å²) < 4.78 is 4.74. The number of carbonyl (C=O) groups excluding carboxylic acids is 1. The van der Waals surface area contributed by atoms with Crippen molar-refractivity contribution in [3.63, 3.8) is 0 Å². The second-order valence-electron chi connectivity index (χ2n) is 3.46. The van der Waals surface area contributed by atoms with Crippen molar-refractivity contribution in [1.29, 1.82) is 0 Å². The van der Waals surface area contributed by atoms with E-state index in [2.05, 4.69) is 23.7 Å². The molecule has 0 saturated heterocycles. The molecule has 1 N–H and O–H groups in total. The largest absolute Gasteiger partial charge is 0.375 e. The van der Waals surface area contributed by atoms with Crippen molar-refractivity contribution in [2.24, 2.45) is 0 Å². The lowest BCUT2D eigenvalue weighted by atomic mass is 10.1. The Morgan fingerprint density at radius 2 is 2.19 bits per heavy atom. The van der Waals surface area contributed by atoms with E-state index in [0.717, 1.165) is 11.3 Å². The van der Waals surface area contributed by atoms with Crippen molar-refractivity contribution in [3.05, 3.63) is 35.4 Å². The van der Waals surface area contributed by atoms with Gasteiger partial charge < -0.3 is 10.1 Å². The van der Waals surface area contributed by atoms with Crippen LogP contribution in [0.2, 0.25) is 0 Å². The smallest absolute Gasteiger partial charge is 0.246 e. The van der Waals surface area contributed by atoms with Crippen LogP contribution in [0.1, 0.15) is 11.1 Å². The summed E-state index contributed by atoms with van der Waals surface area (Å²) in [6.45, 7) is 0.676. The van der Waals surface area contributed by atoms with Crippen molar-refractivity contribution in [1.82, 2.24) is 5.32 Å². The number of ether oxygens (including phenoxy) is 1. The predicted octanol–water partition coefficient (Wildman–Crippen LogP) is 1.81. The van der Waals surface area contributed by atoms with Gasteiger partial charge in [0.15, 0.2) is 0 Å². The fourth-order valence-electron chi connectivity index (χ4n) is 1.38. The number of thioether (sulfide) groups is 1. The minimum Gasteiger partial charge on any atom is -0.375 e. The number of rotatable bonds is 6. The first-order valence-electron chi connectivity index (χ1n) is 5.08. The minimum atomic E-state index is -0.0854. The van der Waals surface area contributed by atoms with E-state index in [1.54, 1.807) is 11.8 Å². The zero-order valence-electron chi connectivity index (χ0n) is 9.66. The van der Waals surface area contributed by atoms with Crippen LogP contribution in [-0.2, 0) is 21.8 Å². The van der Waals surface area contributed by atoms with Crippen LogP contribution >= 0.6 is 11.8 Å². The van der Waals surface area contributed by atoms with Crippen LogP contribution in [0.25, 0.3) is 0 Å². The molecule has 3 nitrogen and oxygen atoms in total. The Labute approximate surface area is 101 Å². The van der Waals surface area contributed by atoms with Crippen LogP contribution in [0.15, 0.2) is 24.3 Å². The summed E-state index contributed by atoms with van der Waals surface area (Å²) in [7, 11) is 1.51. The molecule has 4 heteroatoms. The lowest BCUT2D eigenvalue weighted by Crippen LogP contribution is -2.26. The third kappa shape index (κ3) is 4.68. The first kappa shape index (κ1) is 13.1.